The lowest BCUT2D eigenvalue weighted by molar-refractivity contribution is 0.447. The smallest absolute Gasteiger partial charge is 0.135 e. The van der Waals surface area contributed by atoms with E-state index in [2.05, 4.69) is 54.0 Å². The van der Waals surface area contributed by atoms with Crippen molar-refractivity contribution in [1.29, 1.82) is 0 Å². The van der Waals surface area contributed by atoms with E-state index in [4.69, 9.17) is 9.97 Å². The summed E-state index contributed by atoms with van der Waals surface area (Å²) in [5.41, 5.74) is 4.38. The molecular formula is C22H24N4. The first-order valence-electron chi connectivity index (χ1n) is 9.27. The molecule has 4 rings (SSSR count). The van der Waals surface area contributed by atoms with Crippen LogP contribution in [-0.2, 0) is 0 Å². The first-order chi connectivity index (χ1) is 12.8. The quantitative estimate of drug-likeness (QED) is 0.722. The Hall–Kier alpha value is -2.72. The van der Waals surface area contributed by atoms with Crippen LogP contribution in [-0.4, -0.2) is 23.1 Å². The van der Waals surface area contributed by atoms with Gasteiger partial charge >= 0.3 is 0 Å². The van der Waals surface area contributed by atoms with Crippen LogP contribution in [0.3, 0.4) is 0 Å². The van der Waals surface area contributed by atoms with E-state index in [9.17, 15) is 0 Å². The lowest BCUT2D eigenvalue weighted by Gasteiger charge is -2.22. The van der Waals surface area contributed by atoms with Gasteiger partial charge in [0.15, 0.2) is 0 Å². The van der Waals surface area contributed by atoms with Crippen LogP contribution in [0.1, 0.15) is 30.1 Å². The zero-order valence-electron chi connectivity index (χ0n) is 15.1. The van der Waals surface area contributed by atoms with Crippen LogP contribution in [0.4, 0.5) is 11.5 Å². The summed E-state index contributed by atoms with van der Waals surface area (Å²) < 4.78 is 0. The van der Waals surface area contributed by atoms with Gasteiger partial charge < -0.3 is 10.6 Å². The highest BCUT2D eigenvalue weighted by atomic mass is 15.0. The van der Waals surface area contributed by atoms with Gasteiger partial charge in [0.1, 0.15) is 11.6 Å². The number of nitrogens with zero attached hydrogens (tertiary/aromatic N) is 2. The maximum Gasteiger partial charge on any atom is 0.135 e. The summed E-state index contributed by atoms with van der Waals surface area (Å²) in [6, 6.07) is 20.7. The molecule has 1 aliphatic heterocycles. The van der Waals surface area contributed by atoms with Crippen LogP contribution in [0.2, 0.25) is 0 Å². The standard InChI is InChI=1S/C22H24N4/c1-16-9-11-19(12-10-16)24-21-14-20(17-6-3-2-4-7-17)25-22(26-21)18-8-5-13-23-15-18/h2-4,6-7,9-12,14,18,23H,5,8,13,15H2,1H3,(H,24,25,26). The molecule has 0 spiro atoms. The fourth-order valence-corrected chi connectivity index (χ4v) is 3.33. The van der Waals surface area contributed by atoms with Crippen LogP contribution < -0.4 is 10.6 Å². The molecule has 4 nitrogen and oxygen atoms in total. The number of benzene rings is 2. The van der Waals surface area contributed by atoms with Crippen molar-refractivity contribution in [3.8, 4) is 11.3 Å². The zero-order chi connectivity index (χ0) is 17.8. The second-order valence-electron chi connectivity index (χ2n) is 6.90. The van der Waals surface area contributed by atoms with Crippen LogP contribution in [0.15, 0.2) is 60.7 Å². The topological polar surface area (TPSA) is 49.8 Å². The predicted molar refractivity (Wildman–Crippen MR) is 107 cm³/mol. The number of hydrogen-bond acceptors (Lipinski definition) is 4. The third kappa shape index (κ3) is 3.92. The summed E-state index contributed by atoms with van der Waals surface area (Å²) in [4.78, 5) is 9.73. The molecule has 0 saturated carbocycles. The molecule has 1 saturated heterocycles. The van der Waals surface area contributed by atoms with E-state index < -0.39 is 0 Å². The van der Waals surface area contributed by atoms with Crippen molar-refractivity contribution in [2.45, 2.75) is 25.7 Å². The molecule has 0 bridgehead atoms. The second kappa shape index (κ2) is 7.67. The van der Waals surface area contributed by atoms with E-state index in [-0.39, 0.29) is 0 Å². The molecule has 1 aromatic heterocycles. The Morgan fingerprint density at radius 2 is 1.81 bits per heavy atom. The SMILES string of the molecule is Cc1ccc(Nc2cc(-c3ccccc3)nc(C3CCCNC3)n2)cc1. The molecule has 0 radical (unpaired) electrons. The Morgan fingerprint density at radius 1 is 1.00 bits per heavy atom. The van der Waals surface area contributed by atoms with Gasteiger partial charge in [-0.15, -0.1) is 0 Å². The van der Waals surface area contributed by atoms with E-state index in [1.807, 2.05) is 24.3 Å². The molecule has 1 unspecified atom stereocenters. The zero-order valence-corrected chi connectivity index (χ0v) is 15.1. The predicted octanol–water partition coefficient (Wildman–Crippen LogP) is 4.66. The Bertz CT molecular complexity index is 853. The lowest BCUT2D eigenvalue weighted by atomic mass is 9.98. The van der Waals surface area contributed by atoms with E-state index in [1.165, 1.54) is 12.0 Å². The van der Waals surface area contributed by atoms with Gasteiger partial charge in [0.2, 0.25) is 0 Å². The summed E-state index contributed by atoms with van der Waals surface area (Å²) in [6.07, 6.45) is 2.31. The van der Waals surface area contributed by atoms with Crippen molar-refractivity contribution in [2.24, 2.45) is 0 Å². The van der Waals surface area contributed by atoms with Crippen molar-refractivity contribution in [3.05, 3.63) is 72.1 Å². The highest BCUT2D eigenvalue weighted by molar-refractivity contribution is 5.65. The summed E-state index contributed by atoms with van der Waals surface area (Å²) in [6.45, 7) is 4.13. The summed E-state index contributed by atoms with van der Waals surface area (Å²) in [7, 11) is 0. The maximum absolute atomic E-state index is 4.89. The highest BCUT2D eigenvalue weighted by Crippen LogP contribution is 2.27. The van der Waals surface area contributed by atoms with Gasteiger partial charge in [-0.1, -0.05) is 48.0 Å². The third-order valence-electron chi connectivity index (χ3n) is 4.80. The number of aromatic nitrogens is 2. The molecule has 2 heterocycles. The van der Waals surface area contributed by atoms with Crippen molar-refractivity contribution < 1.29 is 0 Å². The van der Waals surface area contributed by atoms with Crippen LogP contribution in [0.5, 0.6) is 0 Å². The average Bonchev–Trinajstić information content (AvgIpc) is 2.71. The molecule has 132 valence electrons. The Morgan fingerprint density at radius 3 is 2.54 bits per heavy atom. The fraction of sp³-hybridized carbons (Fsp3) is 0.273. The third-order valence-corrected chi connectivity index (χ3v) is 4.80. The number of hydrogen-bond donors (Lipinski definition) is 2. The molecule has 4 heteroatoms. The average molecular weight is 344 g/mol. The van der Waals surface area contributed by atoms with Crippen molar-refractivity contribution in [2.75, 3.05) is 18.4 Å². The summed E-state index contributed by atoms with van der Waals surface area (Å²) >= 11 is 0. The minimum Gasteiger partial charge on any atom is -0.340 e. The van der Waals surface area contributed by atoms with Gasteiger partial charge in [0.05, 0.1) is 5.69 Å². The Balaban J connectivity index is 1.70. The van der Waals surface area contributed by atoms with Crippen LogP contribution in [0.25, 0.3) is 11.3 Å². The molecule has 3 aromatic rings. The van der Waals surface area contributed by atoms with Crippen LogP contribution in [0, 0.1) is 6.92 Å². The Labute approximate surface area is 154 Å². The largest absolute Gasteiger partial charge is 0.340 e. The van der Waals surface area contributed by atoms with E-state index in [0.29, 0.717) is 5.92 Å². The molecule has 26 heavy (non-hydrogen) atoms. The number of rotatable bonds is 4. The van der Waals surface area contributed by atoms with Crippen LogP contribution >= 0.6 is 0 Å². The summed E-state index contributed by atoms with van der Waals surface area (Å²) in [5.74, 6) is 2.14. The Kier molecular flexibility index (Phi) is 4.93. The molecular weight excluding hydrogens is 320 g/mol. The van der Waals surface area contributed by atoms with E-state index in [0.717, 1.165) is 48.1 Å². The van der Waals surface area contributed by atoms with Crippen molar-refractivity contribution in [3.63, 3.8) is 0 Å². The van der Waals surface area contributed by atoms with Gasteiger partial charge in [0, 0.05) is 29.8 Å². The molecule has 1 atom stereocenters. The second-order valence-corrected chi connectivity index (χ2v) is 6.90. The molecule has 1 fully saturated rings. The van der Waals surface area contributed by atoms with Gasteiger partial charge in [-0.25, -0.2) is 9.97 Å². The summed E-state index contributed by atoms with van der Waals surface area (Å²) in [5, 5.41) is 6.92. The van der Waals surface area contributed by atoms with Gasteiger partial charge in [-0.2, -0.15) is 0 Å². The molecule has 0 amide bonds. The number of piperidine rings is 1. The fourth-order valence-electron chi connectivity index (χ4n) is 3.33. The number of aryl methyl sites for hydroxylation is 1. The van der Waals surface area contributed by atoms with Gasteiger partial charge in [-0.3, -0.25) is 0 Å². The maximum atomic E-state index is 4.89. The molecule has 0 aliphatic carbocycles. The monoisotopic (exact) mass is 344 g/mol. The normalized spacial score (nSPS) is 17.0. The van der Waals surface area contributed by atoms with Crippen molar-refractivity contribution >= 4 is 11.5 Å². The first-order valence-corrected chi connectivity index (χ1v) is 9.27. The minimum atomic E-state index is 0.367. The van der Waals surface area contributed by atoms with E-state index >= 15 is 0 Å². The molecule has 2 N–H and O–H groups in total. The number of nitrogens with one attached hydrogen (secondary N) is 2. The number of anilines is 2. The molecule has 2 aromatic carbocycles. The van der Waals surface area contributed by atoms with Gasteiger partial charge in [0.25, 0.3) is 0 Å². The highest BCUT2D eigenvalue weighted by Gasteiger charge is 2.19. The van der Waals surface area contributed by atoms with E-state index in [1.54, 1.807) is 0 Å². The molecule has 1 aliphatic rings. The van der Waals surface area contributed by atoms with Crippen molar-refractivity contribution in [1.82, 2.24) is 15.3 Å². The first kappa shape index (κ1) is 16.7. The van der Waals surface area contributed by atoms with Gasteiger partial charge in [-0.05, 0) is 38.4 Å². The lowest BCUT2D eigenvalue weighted by Crippen LogP contribution is -2.29. The minimum absolute atomic E-state index is 0.367.